The second-order valence-corrected chi connectivity index (χ2v) is 3.10. The van der Waals surface area contributed by atoms with Crippen LogP contribution in [0.1, 0.15) is 11.1 Å². The number of rotatable bonds is 1. The maximum atomic E-state index is 9.28. The average molecular weight is 230 g/mol. The lowest BCUT2D eigenvalue weighted by atomic mass is 10.1. The third-order valence-electron chi connectivity index (χ3n) is 1.51. The molecular formula is C7H8BrN3O. The normalized spacial score (nSPS) is 9.83. The molecule has 5 heteroatoms. The molecule has 0 bridgehead atoms. The van der Waals surface area contributed by atoms with Crippen molar-refractivity contribution in [3.8, 4) is 5.75 Å². The van der Waals surface area contributed by atoms with E-state index in [1.807, 2.05) is 0 Å². The predicted molar refractivity (Wildman–Crippen MR) is 49.4 cm³/mol. The van der Waals surface area contributed by atoms with E-state index < -0.39 is 0 Å². The molecule has 0 amide bonds. The molecule has 12 heavy (non-hydrogen) atoms. The largest absolute Gasteiger partial charge is 0.506 e. The van der Waals surface area contributed by atoms with Gasteiger partial charge in [0.15, 0.2) is 0 Å². The molecule has 0 unspecified atom stereocenters. The van der Waals surface area contributed by atoms with E-state index in [9.17, 15) is 5.11 Å². The van der Waals surface area contributed by atoms with Crippen molar-refractivity contribution >= 4 is 21.8 Å². The van der Waals surface area contributed by atoms with Crippen molar-refractivity contribution in [1.82, 2.24) is 4.98 Å². The zero-order chi connectivity index (χ0) is 9.30. The van der Waals surface area contributed by atoms with Gasteiger partial charge in [-0.05, 0) is 28.4 Å². The first kappa shape index (κ1) is 8.99. The highest BCUT2D eigenvalue weighted by Crippen LogP contribution is 2.24. The number of aromatic nitrogens is 1. The quantitative estimate of drug-likeness (QED) is 0.384. The van der Waals surface area contributed by atoms with Crippen molar-refractivity contribution in [2.24, 2.45) is 5.73 Å². The minimum Gasteiger partial charge on any atom is -0.506 e. The molecule has 0 spiro atoms. The molecule has 1 aromatic heterocycles. The summed E-state index contributed by atoms with van der Waals surface area (Å²) in [6.07, 6.45) is 1.26. The Kier molecular flexibility index (Phi) is 2.32. The summed E-state index contributed by atoms with van der Waals surface area (Å²) in [6, 6.07) is 0. The second kappa shape index (κ2) is 3.10. The Hall–Kier alpha value is -1.10. The van der Waals surface area contributed by atoms with E-state index in [2.05, 4.69) is 20.9 Å². The average Bonchev–Trinajstić information content (AvgIpc) is 1.97. The van der Waals surface area contributed by atoms with Crippen LogP contribution in [0.15, 0.2) is 10.8 Å². The van der Waals surface area contributed by atoms with Crippen LogP contribution in [-0.4, -0.2) is 15.9 Å². The standard InChI is InChI=1S/C7H8BrN3O/c1-3-5(7(9)10)4(12)2-11-6(3)8/h2,12H,1H3,(H3,9,10). The molecular weight excluding hydrogens is 222 g/mol. The number of nitrogens with one attached hydrogen (secondary N) is 1. The molecule has 0 saturated carbocycles. The molecule has 0 radical (unpaired) electrons. The number of amidine groups is 1. The van der Waals surface area contributed by atoms with Crippen molar-refractivity contribution in [3.05, 3.63) is 21.9 Å². The van der Waals surface area contributed by atoms with Crippen molar-refractivity contribution < 1.29 is 5.11 Å². The van der Waals surface area contributed by atoms with Crippen molar-refractivity contribution in [2.75, 3.05) is 0 Å². The number of nitrogens with two attached hydrogens (primary N) is 1. The van der Waals surface area contributed by atoms with E-state index in [1.54, 1.807) is 6.92 Å². The minimum atomic E-state index is -0.159. The molecule has 4 N–H and O–H groups in total. The Labute approximate surface area is 78.1 Å². The zero-order valence-corrected chi connectivity index (χ0v) is 8.01. The number of nitrogen functional groups attached to an aromatic ring is 1. The topological polar surface area (TPSA) is 83.0 Å². The van der Waals surface area contributed by atoms with Crippen molar-refractivity contribution in [3.63, 3.8) is 0 Å². The molecule has 1 heterocycles. The molecule has 64 valence electrons. The van der Waals surface area contributed by atoms with Crippen LogP contribution in [0, 0.1) is 12.3 Å². The number of halogens is 1. The number of pyridine rings is 1. The molecule has 0 atom stereocenters. The van der Waals surface area contributed by atoms with E-state index in [4.69, 9.17) is 11.1 Å². The molecule has 0 aliphatic carbocycles. The number of hydrogen-bond acceptors (Lipinski definition) is 3. The summed E-state index contributed by atoms with van der Waals surface area (Å²) in [7, 11) is 0. The molecule has 0 saturated heterocycles. The lowest BCUT2D eigenvalue weighted by Crippen LogP contribution is -2.13. The van der Waals surface area contributed by atoms with Gasteiger partial charge >= 0.3 is 0 Å². The smallest absolute Gasteiger partial charge is 0.145 e. The summed E-state index contributed by atoms with van der Waals surface area (Å²) in [5, 5.41) is 16.5. The monoisotopic (exact) mass is 229 g/mol. The lowest BCUT2D eigenvalue weighted by Gasteiger charge is -2.06. The maximum Gasteiger partial charge on any atom is 0.145 e. The van der Waals surface area contributed by atoms with E-state index in [0.29, 0.717) is 15.7 Å². The molecule has 0 aliphatic heterocycles. The summed E-state index contributed by atoms with van der Waals surface area (Å²) in [6.45, 7) is 1.73. The maximum absolute atomic E-state index is 9.28. The van der Waals surface area contributed by atoms with Crippen LogP contribution in [-0.2, 0) is 0 Å². The number of nitrogens with zero attached hydrogens (tertiary/aromatic N) is 1. The fourth-order valence-corrected chi connectivity index (χ4v) is 1.22. The first-order chi connectivity index (χ1) is 5.54. The van der Waals surface area contributed by atoms with Crippen LogP contribution in [0.2, 0.25) is 0 Å². The van der Waals surface area contributed by atoms with Gasteiger partial charge in [-0.25, -0.2) is 4.98 Å². The van der Waals surface area contributed by atoms with Crippen LogP contribution in [0.5, 0.6) is 5.75 Å². The fourth-order valence-electron chi connectivity index (χ4n) is 0.914. The zero-order valence-electron chi connectivity index (χ0n) is 6.43. The highest BCUT2D eigenvalue weighted by atomic mass is 79.9. The first-order valence-corrected chi connectivity index (χ1v) is 4.01. The molecule has 0 fully saturated rings. The van der Waals surface area contributed by atoms with E-state index in [0.717, 1.165) is 0 Å². The van der Waals surface area contributed by atoms with Gasteiger partial charge in [0.05, 0.1) is 11.8 Å². The van der Waals surface area contributed by atoms with Gasteiger partial charge in [-0.15, -0.1) is 0 Å². The van der Waals surface area contributed by atoms with Crippen molar-refractivity contribution in [1.29, 1.82) is 5.41 Å². The Morgan fingerprint density at radius 1 is 1.75 bits per heavy atom. The molecule has 1 aromatic rings. The highest BCUT2D eigenvalue weighted by molar-refractivity contribution is 9.10. The van der Waals surface area contributed by atoms with Crippen LogP contribution >= 0.6 is 15.9 Å². The Morgan fingerprint density at radius 3 is 2.75 bits per heavy atom. The van der Waals surface area contributed by atoms with Gasteiger partial charge in [0.1, 0.15) is 16.2 Å². The molecule has 0 aliphatic rings. The van der Waals surface area contributed by atoms with Gasteiger partial charge in [0.25, 0.3) is 0 Å². The minimum absolute atomic E-state index is 0.0665. The third-order valence-corrected chi connectivity index (χ3v) is 2.31. The summed E-state index contributed by atoms with van der Waals surface area (Å²) in [5.41, 5.74) is 6.26. The Morgan fingerprint density at radius 2 is 2.33 bits per heavy atom. The molecule has 0 aromatic carbocycles. The highest BCUT2D eigenvalue weighted by Gasteiger charge is 2.10. The number of hydrogen-bond donors (Lipinski definition) is 3. The third kappa shape index (κ3) is 1.40. The predicted octanol–water partition coefficient (Wildman–Crippen LogP) is 1.14. The van der Waals surface area contributed by atoms with Gasteiger partial charge in [-0.1, -0.05) is 0 Å². The summed E-state index contributed by atoms with van der Waals surface area (Å²) < 4.78 is 0.588. The van der Waals surface area contributed by atoms with Crippen molar-refractivity contribution in [2.45, 2.75) is 6.92 Å². The molecule has 4 nitrogen and oxygen atoms in total. The summed E-state index contributed by atoms with van der Waals surface area (Å²) >= 11 is 3.17. The summed E-state index contributed by atoms with van der Waals surface area (Å²) in [4.78, 5) is 3.84. The second-order valence-electron chi connectivity index (χ2n) is 2.35. The first-order valence-electron chi connectivity index (χ1n) is 3.22. The Bertz CT molecular complexity index is 338. The Balaban J connectivity index is 3.43. The lowest BCUT2D eigenvalue weighted by molar-refractivity contribution is 0.470. The van der Waals surface area contributed by atoms with E-state index >= 15 is 0 Å². The van der Waals surface area contributed by atoms with Gasteiger partial charge in [0, 0.05) is 0 Å². The fraction of sp³-hybridized carbons (Fsp3) is 0.143. The number of aromatic hydroxyl groups is 1. The SMILES string of the molecule is Cc1c(Br)ncc(O)c1C(=N)N. The summed E-state index contributed by atoms with van der Waals surface area (Å²) in [5.74, 6) is -0.226. The van der Waals surface area contributed by atoms with Gasteiger partial charge < -0.3 is 10.8 Å². The van der Waals surface area contributed by atoms with Crippen LogP contribution < -0.4 is 5.73 Å². The van der Waals surface area contributed by atoms with E-state index in [1.165, 1.54) is 6.20 Å². The van der Waals surface area contributed by atoms with Gasteiger partial charge in [-0.3, -0.25) is 5.41 Å². The van der Waals surface area contributed by atoms with E-state index in [-0.39, 0.29) is 11.6 Å². The van der Waals surface area contributed by atoms with Crippen LogP contribution in [0.3, 0.4) is 0 Å². The van der Waals surface area contributed by atoms with Gasteiger partial charge in [0.2, 0.25) is 0 Å². The van der Waals surface area contributed by atoms with Gasteiger partial charge in [-0.2, -0.15) is 0 Å². The van der Waals surface area contributed by atoms with Crippen LogP contribution in [0.4, 0.5) is 0 Å². The van der Waals surface area contributed by atoms with Crippen LogP contribution in [0.25, 0.3) is 0 Å². The molecule has 1 rings (SSSR count).